The monoisotopic (exact) mass is 417 g/mol. The van der Waals surface area contributed by atoms with Crippen LogP contribution in [0.3, 0.4) is 0 Å². The van der Waals surface area contributed by atoms with Crippen molar-refractivity contribution in [2.24, 2.45) is 0 Å². The molecule has 156 valence electrons. The highest BCUT2D eigenvalue weighted by Crippen LogP contribution is 2.18. The molecule has 0 radical (unpaired) electrons. The quantitative estimate of drug-likeness (QED) is 0.685. The summed E-state index contributed by atoms with van der Waals surface area (Å²) in [4.78, 5) is 16.6. The summed E-state index contributed by atoms with van der Waals surface area (Å²) in [7, 11) is 0.0168. The standard InChI is InChI=1S/C21H27N3O4S/c1-22(16-18-7-6-8-19(15-18)28-2)17-21(25)23-11-13-24(14-12-23)29(26,27)20-9-4-3-5-10-20/h3-10,15H,11-14,16-17H2,1-2H3. The molecule has 0 unspecified atom stereocenters. The van der Waals surface area contributed by atoms with Crippen LogP contribution >= 0.6 is 0 Å². The number of likely N-dealkylation sites (N-methyl/N-ethyl adjacent to an activating group) is 1. The Morgan fingerprint density at radius 1 is 1.03 bits per heavy atom. The minimum atomic E-state index is -3.51. The van der Waals surface area contributed by atoms with E-state index in [1.54, 1.807) is 42.3 Å². The number of carbonyl (C=O) groups excluding carboxylic acids is 1. The van der Waals surface area contributed by atoms with Gasteiger partial charge in [-0.3, -0.25) is 9.69 Å². The molecular weight excluding hydrogens is 390 g/mol. The average Bonchev–Trinajstić information content (AvgIpc) is 2.74. The number of hydrogen-bond donors (Lipinski definition) is 0. The molecule has 1 fully saturated rings. The van der Waals surface area contributed by atoms with Crippen LogP contribution in [-0.4, -0.2) is 75.3 Å². The smallest absolute Gasteiger partial charge is 0.243 e. The van der Waals surface area contributed by atoms with E-state index in [-0.39, 0.29) is 17.3 Å². The van der Waals surface area contributed by atoms with Gasteiger partial charge in [-0.1, -0.05) is 30.3 Å². The zero-order valence-corrected chi connectivity index (χ0v) is 17.6. The second-order valence-electron chi connectivity index (χ2n) is 7.12. The Balaban J connectivity index is 1.52. The van der Waals surface area contributed by atoms with Crippen LogP contribution in [-0.2, 0) is 21.4 Å². The van der Waals surface area contributed by atoms with E-state index in [0.29, 0.717) is 32.7 Å². The summed E-state index contributed by atoms with van der Waals surface area (Å²) in [5.41, 5.74) is 1.07. The Bertz CT molecular complexity index is 926. The molecule has 1 aliphatic rings. The molecular formula is C21H27N3O4S. The number of benzene rings is 2. The van der Waals surface area contributed by atoms with Crippen molar-refractivity contribution >= 4 is 15.9 Å². The fourth-order valence-electron chi connectivity index (χ4n) is 3.39. The van der Waals surface area contributed by atoms with Crippen LogP contribution in [0.25, 0.3) is 0 Å². The summed E-state index contributed by atoms with van der Waals surface area (Å²) >= 11 is 0. The fraction of sp³-hybridized carbons (Fsp3) is 0.381. The lowest BCUT2D eigenvalue weighted by Gasteiger charge is -2.34. The number of methoxy groups -OCH3 is 1. The molecule has 7 nitrogen and oxygen atoms in total. The fourth-order valence-corrected chi connectivity index (χ4v) is 4.83. The number of nitrogens with zero attached hydrogens (tertiary/aromatic N) is 3. The van der Waals surface area contributed by atoms with Gasteiger partial charge in [-0.15, -0.1) is 0 Å². The third-order valence-electron chi connectivity index (χ3n) is 4.96. The van der Waals surface area contributed by atoms with E-state index in [1.807, 2.05) is 36.2 Å². The third kappa shape index (κ3) is 5.35. The number of amides is 1. The molecule has 1 aliphatic heterocycles. The summed E-state index contributed by atoms with van der Waals surface area (Å²) in [5, 5.41) is 0. The highest BCUT2D eigenvalue weighted by atomic mass is 32.2. The molecule has 8 heteroatoms. The molecule has 0 spiro atoms. The molecule has 0 N–H and O–H groups in total. The van der Waals surface area contributed by atoms with Crippen LogP contribution < -0.4 is 4.74 Å². The second kappa shape index (κ2) is 9.39. The Morgan fingerprint density at radius 3 is 2.38 bits per heavy atom. The molecule has 29 heavy (non-hydrogen) atoms. The molecule has 0 atom stereocenters. The first kappa shape index (κ1) is 21.3. The topological polar surface area (TPSA) is 70.2 Å². The van der Waals surface area contributed by atoms with Crippen LogP contribution in [0.15, 0.2) is 59.5 Å². The van der Waals surface area contributed by atoms with Gasteiger partial charge in [0.05, 0.1) is 18.6 Å². The first-order chi connectivity index (χ1) is 13.9. The summed E-state index contributed by atoms with van der Waals surface area (Å²) < 4.78 is 32.1. The van der Waals surface area contributed by atoms with E-state index < -0.39 is 10.0 Å². The Morgan fingerprint density at radius 2 is 1.72 bits per heavy atom. The number of rotatable bonds is 7. The number of hydrogen-bond acceptors (Lipinski definition) is 5. The number of sulfonamides is 1. The molecule has 2 aromatic rings. The first-order valence-corrected chi connectivity index (χ1v) is 11.0. The molecule has 1 saturated heterocycles. The van der Waals surface area contributed by atoms with Gasteiger partial charge >= 0.3 is 0 Å². The largest absolute Gasteiger partial charge is 0.497 e. The molecule has 0 aliphatic carbocycles. The van der Waals surface area contributed by atoms with Gasteiger partial charge in [0.1, 0.15) is 5.75 Å². The predicted octanol–water partition coefficient (Wildman–Crippen LogP) is 1.66. The number of ether oxygens (including phenoxy) is 1. The van der Waals surface area contributed by atoms with Crippen molar-refractivity contribution in [3.63, 3.8) is 0 Å². The van der Waals surface area contributed by atoms with Crippen LogP contribution in [0.1, 0.15) is 5.56 Å². The van der Waals surface area contributed by atoms with Crippen molar-refractivity contribution in [2.45, 2.75) is 11.4 Å². The van der Waals surface area contributed by atoms with Gasteiger partial charge in [-0.05, 0) is 36.9 Å². The van der Waals surface area contributed by atoms with Gasteiger partial charge in [-0.25, -0.2) is 8.42 Å². The van der Waals surface area contributed by atoms with Crippen molar-refractivity contribution in [3.8, 4) is 5.75 Å². The van der Waals surface area contributed by atoms with Crippen molar-refractivity contribution in [1.29, 1.82) is 0 Å². The first-order valence-electron chi connectivity index (χ1n) is 9.54. The Kier molecular flexibility index (Phi) is 6.89. The molecule has 3 rings (SSSR count). The number of piperazine rings is 1. The van der Waals surface area contributed by atoms with E-state index in [4.69, 9.17) is 4.74 Å². The maximum absolute atomic E-state index is 12.7. The number of carbonyl (C=O) groups is 1. The predicted molar refractivity (Wildman–Crippen MR) is 111 cm³/mol. The summed E-state index contributed by atoms with van der Waals surface area (Å²) in [5.74, 6) is 0.796. The third-order valence-corrected chi connectivity index (χ3v) is 6.88. The lowest BCUT2D eigenvalue weighted by Crippen LogP contribution is -2.52. The van der Waals surface area contributed by atoms with Crippen molar-refractivity contribution in [3.05, 3.63) is 60.2 Å². The van der Waals surface area contributed by atoms with Crippen LogP contribution in [0.2, 0.25) is 0 Å². The van der Waals surface area contributed by atoms with E-state index >= 15 is 0 Å². The van der Waals surface area contributed by atoms with Gasteiger partial charge in [-0.2, -0.15) is 4.31 Å². The molecule has 0 bridgehead atoms. The SMILES string of the molecule is COc1cccc(CN(C)CC(=O)N2CCN(S(=O)(=O)c3ccccc3)CC2)c1. The maximum atomic E-state index is 12.7. The highest BCUT2D eigenvalue weighted by molar-refractivity contribution is 7.89. The molecule has 1 amide bonds. The van der Waals surface area contributed by atoms with Crippen LogP contribution in [0.4, 0.5) is 0 Å². The molecule has 1 heterocycles. The van der Waals surface area contributed by atoms with Gasteiger partial charge in [0.15, 0.2) is 0 Å². The van der Waals surface area contributed by atoms with Crippen molar-refractivity contribution in [1.82, 2.24) is 14.1 Å². The van der Waals surface area contributed by atoms with E-state index in [2.05, 4.69) is 0 Å². The Labute approximate surface area is 172 Å². The van der Waals surface area contributed by atoms with E-state index in [9.17, 15) is 13.2 Å². The summed E-state index contributed by atoms with van der Waals surface area (Å²) in [6, 6.07) is 16.2. The summed E-state index contributed by atoms with van der Waals surface area (Å²) in [6.45, 7) is 2.33. The van der Waals surface area contributed by atoms with Gasteiger partial charge in [0.2, 0.25) is 15.9 Å². The van der Waals surface area contributed by atoms with E-state index in [1.165, 1.54) is 4.31 Å². The zero-order chi connectivity index (χ0) is 20.9. The van der Waals surface area contributed by atoms with Gasteiger partial charge in [0, 0.05) is 32.7 Å². The molecule has 0 aromatic heterocycles. The highest BCUT2D eigenvalue weighted by Gasteiger charge is 2.30. The van der Waals surface area contributed by atoms with Crippen LogP contribution in [0, 0.1) is 0 Å². The van der Waals surface area contributed by atoms with Crippen molar-refractivity contribution < 1.29 is 17.9 Å². The minimum absolute atomic E-state index is 0.00663. The van der Waals surface area contributed by atoms with E-state index in [0.717, 1.165) is 11.3 Å². The van der Waals surface area contributed by atoms with Gasteiger partial charge in [0.25, 0.3) is 0 Å². The van der Waals surface area contributed by atoms with Crippen LogP contribution in [0.5, 0.6) is 5.75 Å². The second-order valence-corrected chi connectivity index (χ2v) is 9.06. The lowest BCUT2D eigenvalue weighted by atomic mass is 10.2. The lowest BCUT2D eigenvalue weighted by molar-refractivity contribution is -0.133. The van der Waals surface area contributed by atoms with Gasteiger partial charge < -0.3 is 9.64 Å². The summed E-state index contributed by atoms with van der Waals surface area (Å²) in [6.07, 6.45) is 0. The molecule has 0 saturated carbocycles. The minimum Gasteiger partial charge on any atom is -0.497 e. The van der Waals surface area contributed by atoms with Crippen molar-refractivity contribution in [2.75, 3.05) is 46.9 Å². The molecule has 2 aromatic carbocycles. The zero-order valence-electron chi connectivity index (χ0n) is 16.8. The Hall–Kier alpha value is -2.42. The maximum Gasteiger partial charge on any atom is 0.243 e. The normalized spacial score (nSPS) is 15.5. The average molecular weight is 418 g/mol.